The van der Waals surface area contributed by atoms with Crippen molar-refractivity contribution < 1.29 is 14.3 Å². The Labute approximate surface area is 148 Å². The van der Waals surface area contributed by atoms with Crippen LogP contribution in [0.25, 0.3) is 0 Å². The molecular formula is C20H24N2O3. The minimum atomic E-state index is -0.335. The lowest BCUT2D eigenvalue weighted by atomic mass is 10.2. The van der Waals surface area contributed by atoms with E-state index < -0.39 is 0 Å². The van der Waals surface area contributed by atoms with Crippen molar-refractivity contribution in [3.8, 4) is 11.5 Å². The molecule has 0 radical (unpaired) electrons. The Bertz CT molecular complexity index is 718. The van der Waals surface area contributed by atoms with Crippen LogP contribution in [0.2, 0.25) is 0 Å². The molecule has 1 unspecified atom stereocenters. The number of carbonyl (C=O) groups is 1. The van der Waals surface area contributed by atoms with E-state index in [9.17, 15) is 4.79 Å². The number of benzene rings is 2. The number of nitrogens with one attached hydrogen (secondary N) is 1. The van der Waals surface area contributed by atoms with Crippen molar-refractivity contribution in [1.82, 2.24) is 4.90 Å². The van der Waals surface area contributed by atoms with E-state index in [0.717, 1.165) is 29.2 Å². The molecular weight excluding hydrogens is 316 g/mol. The molecule has 3 rings (SSSR count). The number of likely N-dealkylation sites (N-methyl/N-ethyl adjacent to an activating group) is 1. The number of hydrogen-bond acceptors (Lipinski definition) is 4. The van der Waals surface area contributed by atoms with E-state index in [1.165, 1.54) is 0 Å². The monoisotopic (exact) mass is 340 g/mol. The van der Waals surface area contributed by atoms with Crippen molar-refractivity contribution in [1.29, 1.82) is 0 Å². The summed E-state index contributed by atoms with van der Waals surface area (Å²) < 4.78 is 11.3. The van der Waals surface area contributed by atoms with E-state index in [4.69, 9.17) is 9.47 Å². The van der Waals surface area contributed by atoms with Gasteiger partial charge in [0.1, 0.15) is 6.04 Å². The van der Waals surface area contributed by atoms with Gasteiger partial charge in [0.25, 0.3) is 0 Å². The first-order chi connectivity index (χ1) is 12.1. The average Bonchev–Trinajstić information content (AvgIpc) is 2.86. The summed E-state index contributed by atoms with van der Waals surface area (Å²) in [5, 5.41) is 3.25. The highest BCUT2D eigenvalue weighted by Gasteiger charge is 2.18. The van der Waals surface area contributed by atoms with E-state index in [-0.39, 0.29) is 11.9 Å². The third-order valence-electron chi connectivity index (χ3n) is 4.14. The number of hydrogen-bond donors (Lipinski definition) is 1. The lowest BCUT2D eigenvalue weighted by Crippen LogP contribution is -2.38. The summed E-state index contributed by atoms with van der Waals surface area (Å²) in [4.78, 5) is 14.3. The molecule has 0 bridgehead atoms. The first-order valence-corrected chi connectivity index (χ1v) is 8.58. The molecule has 2 aromatic carbocycles. The Morgan fingerprint density at radius 2 is 1.84 bits per heavy atom. The lowest BCUT2D eigenvalue weighted by molar-refractivity contribution is -0.130. The van der Waals surface area contributed by atoms with Gasteiger partial charge in [0.15, 0.2) is 11.5 Å². The Hall–Kier alpha value is -2.69. The van der Waals surface area contributed by atoms with Gasteiger partial charge in [-0.1, -0.05) is 30.3 Å². The van der Waals surface area contributed by atoms with Gasteiger partial charge in [-0.3, -0.25) is 4.79 Å². The zero-order valence-electron chi connectivity index (χ0n) is 14.7. The quantitative estimate of drug-likeness (QED) is 0.907. The van der Waals surface area contributed by atoms with E-state index in [0.29, 0.717) is 19.8 Å². The van der Waals surface area contributed by atoms with Crippen molar-refractivity contribution in [2.75, 3.05) is 25.6 Å². The van der Waals surface area contributed by atoms with Crippen molar-refractivity contribution >= 4 is 11.6 Å². The summed E-state index contributed by atoms with van der Waals surface area (Å²) in [6, 6.07) is 15.3. The van der Waals surface area contributed by atoms with Gasteiger partial charge in [-0.2, -0.15) is 0 Å². The zero-order valence-corrected chi connectivity index (χ0v) is 14.7. The predicted octanol–water partition coefficient (Wildman–Crippen LogP) is 3.31. The van der Waals surface area contributed by atoms with Gasteiger partial charge < -0.3 is 19.7 Å². The first kappa shape index (κ1) is 17.1. The molecule has 0 aromatic heterocycles. The fourth-order valence-corrected chi connectivity index (χ4v) is 2.83. The van der Waals surface area contributed by atoms with E-state index in [2.05, 4.69) is 5.32 Å². The van der Waals surface area contributed by atoms with Gasteiger partial charge in [-0.15, -0.1) is 0 Å². The third kappa shape index (κ3) is 4.44. The molecule has 1 aliphatic heterocycles. The summed E-state index contributed by atoms with van der Waals surface area (Å²) in [6.45, 7) is 3.77. The lowest BCUT2D eigenvalue weighted by Gasteiger charge is -2.23. The molecule has 0 spiro atoms. The molecule has 1 amide bonds. The minimum absolute atomic E-state index is 0.0379. The number of anilines is 1. The second kappa shape index (κ2) is 7.92. The smallest absolute Gasteiger partial charge is 0.244 e. The number of amides is 1. The summed E-state index contributed by atoms with van der Waals surface area (Å²) in [5.74, 6) is 1.51. The first-order valence-electron chi connectivity index (χ1n) is 8.58. The molecule has 1 N–H and O–H groups in total. The minimum Gasteiger partial charge on any atom is -0.490 e. The van der Waals surface area contributed by atoms with Crippen LogP contribution in [0.1, 0.15) is 18.9 Å². The van der Waals surface area contributed by atoms with Crippen LogP contribution in [0.4, 0.5) is 5.69 Å². The Kier molecular flexibility index (Phi) is 5.43. The summed E-state index contributed by atoms with van der Waals surface area (Å²) in [7, 11) is 1.82. The Morgan fingerprint density at radius 1 is 1.12 bits per heavy atom. The van der Waals surface area contributed by atoms with Crippen LogP contribution in [0.15, 0.2) is 48.5 Å². The number of nitrogens with zero attached hydrogens (tertiary/aromatic N) is 1. The topological polar surface area (TPSA) is 50.8 Å². The van der Waals surface area contributed by atoms with Crippen LogP contribution >= 0.6 is 0 Å². The maximum absolute atomic E-state index is 12.6. The van der Waals surface area contributed by atoms with Crippen LogP contribution in [0.5, 0.6) is 11.5 Å². The molecule has 1 heterocycles. The van der Waals surface area contributed by atoms with Crippen LogP contribution in [-0.2, 0) is 11.3 Å². The Balaban J connectivity index is 1.62. The van der Waals surface area contributed by atoms with E-state index in [1.54, 1.807) is 4.90 Å². The highest BCUT2D eigenvalue weighted by atomic mass is 16.5. The number of ether oxygens (including phenoxy) is 2. The highest BCUT2D eigenvalue weighted by Crippen LogP contribution is 2.32. The normalized spacial score (nSPS) is 14.3. The van der Waals surface area contributed by atoms with Crippen LogP contribution in [-0.4, -0.2) is 37.1 Å². The number of fused-ring (bicyclic) bond motifs is 1. The van der Waals surface area contributed by atoms with E-state index in [1.807, 2.05) is 62.5 Å². The van der Waals surface area contributed by atoms with Gasteiger partial charge in [0, 0.05) is 31.8 Å². The predicted molar refractivity (Wildman–Crippen MR) is 98.0 cm³/mol. The summed E-state index contributed by atoms with van der Waals surface area (Å²) in [6.07, 6.45) is 0.872. The van der Waals surface area contributed by atoms with Crippen molar-refractivity contribution in [2.45, 2.75) is 25.9 Å². The maximum atomic E-state index is 12.6. The second-order valence-electron chi connectivity index (χ2n) is 6.26. The third-order valence-corrected chi connectivity index (χ3v) is 4.14. The fraction of sp³-hybridized carbons (Fsp3) is 0.350. The van der Waals surface area contributed by atoms with Crippen LogP contribution in [0.3, 0.4) is 0 Å². The van der Waals surface area contributed by atoms with Crippen LogP contribution in [0, 0.1) is 0 Å². The van der Waals surface area contributed by atoms with Crippen molar-refractivity contribution in [2.24, 2.45) is 0 Å². The van der Waals surface area contributed by atoms with Crippen LogP contribution < -0.4 is 14.8 Å². The number of carbonyl (C=O) groups excluding carboxylic acids is 1. The number of rotatable bonds is 5. The SMILES string of the molecule is CC(Nc1ccc2c(c1)OCCCO2)C(=O)N(C)Cc1ccccc1. The molecule has 0 fully saturated rings. The van der Waals surface area contributed by atoms with Crippen molar-refractivity contribution in [3.63, 3.8) is 0 Å². The molecule has 25 heavy (non-hydrogen) atoms. The molecule has 0 saturated heterocycles. The molecule has 1 aliphatic rings. The average molecular weight is 340 g/mol. The van der Waals surface area contributed by atoms with Gasteiger partial charge in [0.05, 0.1) is 13.2 Å². The fourth-order valence-electron chi connectivity index (χ4n) is 2.83. The van der Waals surface area contributed by atoms with Gasteiger partial charge in [-0.05, 0) is 24.6 Å². The van der Waals surface area contributed by atoms with E-state index >= 15 is 0 Å². The largest absolute Gasteiger partial charge is 0.490 e. The second-order valence-corrected chi connectivity index (χ2v) is 6.26. The molecule has 132 valence electrons. The molecule has 5 heteroatoms. The maximum Gasteiger partial charge on any atom is 0.244 e. The molecule has 1 atom stereocenters. The highest BCUT2D eigenvalue weighted by molar-refractivity contribution is 5.84. The molecule has 0 aliphatic carbocycles. The molecule has 2 aromatic rings. The zero-order chi connectivity index (χ0) is 17.6. The standard InChI is InChI=1S/C20H24N2O3/c1-15(20(23)22(2)14-16-7-4-3-5-8-16)21-17-9-10-18-19(13-17)25-12-6-11-24-18/h3-5,7-10,13,15,21H,6,11-12,14H2,1-2H3. The molecule has 5 nitrogen and oxygen atoms in total. The van der Waals surface area contributed by atoms with Crippen molar-refractivity contribution in [3.05, 3.63) is 54.1 Å². The van der Waals surface area contributed by atoms with Gasteiger partial charge >= 0.3 is 0 Å². The van der Waals surface area contributed by atoms with Gasteiger partial charge in [0.2, 0.25) is 5.91 Å². The summed E-state index contributed by atoms with van der Waals surface area (Å²) >= 11 is 0. The summed E-state index contributed by atoms with van der Waals surface area (Å²) in [5.41, 5.74) is 1.96. The van der Waals surface area contributed by atoms with Gasteiger partial charge in [-0.25, -0.2) is 0 Å². The Morgan fingerprint density at radius 3 is 2.60 bits per heavy atom. The molecule has 0 saturated carbocycles.